The molecule has 1 aromatic carbocycles. The van der Waals surface area contributed by atoms with Crippen LogP contribution in [0, 0.1) is 6.92 Å². The van der Waals surface area contributed by atoms with Gasteiger partial charge in [0.25, 0.3) is 0 Å². The van der Waals surface area contributed by atoms with Crippen molar-refractivity contribution < 1.29 is 9.53 Å². The number of benzene rings is 1. The maximum absolute atomic E-state index is 11.9. The molecule has 0 unspecified atom stereocenters. The number of ether oxygens (including phenoxy) is 1. The van der Waals surface area contributed by atoms with Crippen molar-refractivity contribution in [2.45, 2.75) is 13.8 Å². The molecule has 1 N–H and O–H groups in total. The minimum Gasteiger partial charge on any atom is -0.462 e. The Bertz CT molecular complexity index is 534. The molecule has 4 heteroatoms. The number of carbonyl (C=O) groups is 1. The SMILES string of the molecule is CCOC(=O)c1c(Nc2ccccc2)csc1C. The average Bonchev–Trinajstić information content (AvgIpc) is 2.72. The van der Waals surface area contributed by atoms with Crippen LogP contribution in [0.1, 0.15) is 22.2 Å². The van der Waals surface area contributed by atoms with Gasteiger partial charge in [-0.3, -0.25) is 0 Å². The first kappa shape index (κ1) is 12.6. The summed E-state index contributed by atoms with van der Waals surface area (Å²) in [5, 5.41) is 5.18. The van der Waals surface area contributed by atoms with Gasteiger partial charge in [0.05, 0.1) is 17.9 Å². The Labute approximate surface area is 110 Å². The van der Waals surface area contributed by atoms with E-state index in [0.717, 1.165) is 16.3 Å². The Hall–Kier alpha value is -1.81. The van der Waals surface area contributed by atoms with Gasteiger partial charge in [-0.25, -0.2) is 4.79 Å². The van der Waals surface area contributed by atoms with Gasteiger partial charge < -0.3 is 10.1 Å². The van der Waals surface area contributed by atoms with Gasteiger partial charge in [-0.2, -0.15) is 0 Å². The van der Waals surface area contributed by atoms with Gasteiger partial charge in [0.1, 0.15) is 0 Å². The summed E-state index contributed by atoms with van der Waals surface area (Å²) in [5.41, 5.74) is 2.40. The molecule has 0 saturated carbocycles. The van der Waals surface area contributed by atoms with Gasteiger partial charge in [0.15, 0.2) is 0 Å². The van der Waals surface area contributed by atoms with E-state index < -0.39 is 0 Å². The minimum absolute atomic E-state index is 0.269. The van der Waals surface area contributed by atoms with Crippen molar-refractivity contribution in [2.24, 2.45) is 0 Å². The van der Waals surface area contributed by atoms with Crippen molar-refractivity contribution in [2.75, 3.05) is 11.9 Å². The Morgan fingerprint density at radius 3 is 2.72 bits per heavy atom. The third-order valence-corrected chi connectivity index (χ3v) is 3.42. The third-order valence-electron chi connectivity index (χ3n) is 2.51. The lowest BCUT2D eigenvalue weighted by atomic mass is 10.2. The van der Waals surface area contributed by atoms with E-state index in [2.05, 4.69) is 5.32 Å². The molecule has 18 heavy (non-hydrogen) atoms. The van der Waals surface area contributed by atoms with Crippen LogP contribution in [0.2, 0.25) is 0 Å². The first-order chi connectivity index (χ1) is 8.72. The number of anilines is 2. The third kappa shape index (κ3) is 2.71. The molecule has 2 aromatic rings. The second kappa shape index (κ2) is 5.69. The molecular weight excluding hydrogens is 246 g/mol. The van der Waals surface area contributed by atoms with Gasteiger partial charge in [0.2, 0.25) is 0 Å². The standard InChI is InChI=1S/C14H15NO2S/c1-3-17-14(16)13-10(2)18-9-12(13)15-11-7-5-4-6-8-11/h4-9,15H,3H2,1-2H3. The molecule has 3 nitrogen and oxygen atoms in total. The Morgan fingerprint density at radius 1 is 1.33 bits per heavy atom. The molecule has 0 aliphatic heterocycles. The van der Waals surface area contributed by atoms with E-state index >= 15 is 0 Å². The first-order valence-corrected chi connectivity index (χ1v) is 6.67. The first-order valence-electron chi connectivity index (χ1n) is 5.79. The highest BCUT2D eigenvalue weighted by Gasteiger charge is 2.17. The van der Waals surface area contributed by atoms with Crippen LogP contribution in [-0.4, -0.2) is 12.6 Å². The number of para-hydroxylation sites is 1. The number of rotatable bonds is 4. The zero-order chi connectivity index (χ0) is 13.0. The molecule has 0 bridgehead atoms. The summed E-state index contributed by atoms with van der Waals surface area (Å²) in [6.07, 6.45) is 0. The molecular formula is C14H15NO2S. The zero-order valence-electron chi connectivity index (χ0n) is 10.4. The maximum Gasteiger partial charge on any atom is 0.341 e. The van der Waals surface area contributed by atoms with Crippen LogP contribution in [0.4, 0.5) is 11.4 Å². The van der Waals surface area contributed by atoms with E-state index in [1.165, 1.54) is 0 Å². The summed E-state index contributed by atoms with van der Waals surface area (Å²) in [4.78, 5) is 12.8. The highest BCUT2D eigenvalue weighted by atomic mass is 32.1. The fraction of sp³-hybridized carbons (Fsp3) is 0.214. The van der Waals surface area contributed by atoms with Crippen molar-refractivity contribution in [1.29, 1.82) is 0 Å². The molecule has 94 valence electrons. The van der Waals surface area contributed by atoms with Gasteiger partial charge in [0, 0.05) is 15.9 Å². The number of aryl methyl sites for hydroxylation is 1. The predicted octanol–water partition coefficient (Wildman–Crippen LogP) is 3.98. The molecule has 1 heterocycles. The van der Waals surface area contributed by atoms with Crippen molar-refractivity contribution in [3.05, 3.63) is 46.2 Å². The van der Waals surface area contributed by atoms with E-state index in [-0.39, 0.29) is 5.97 Å². The Morgan fingerprint density at radius 2 is 2.06 bits per heavy atom. The molecule has 0 spiro atoms. The highest BCUT2D eigenvalue weighted by molar-refractivity contribution is 7.10. The predicted molar refractivity (Wildman–Crippen MR) is 74.7 cm³/mol. The molecule has 0 saturated heterocycles. The topological polar surface area (TPSA) is 38.3 Å². The molecule has 0 amide bonds. The monoisotopic (exact) mass is 261 g/mol. The van der Waals surface area contributed by atoms with Crippen molar-refractivity contribution in [3.8, 4) is 0 Å². The van der Waals surface area contributed by atoms with Gasteiger partial charge in [-0.15, -0.1) is 11.3 Å². The smallest absolute Gasteiger partial charge is 0.341 e. The fourth-order valence-corrected chi connectivity index (χ4v) is 2.46. The number of hydrogen-bond donors (Lipinski definition) is 1. The van der Waals surface area contributed by atoms with Crippen LogP contribution in [0.5, 0.6) is 0 Å². The van der Waals surface area contributed by atoms with Gasteiger partial charge >= 0.3 is 5.97 Å². The van der Waals surface area contributed by atoms with Crippen LogP contribution in [0.15, 0.2) is 35.7 Å². The maximum atomic E-state index is 11.9. The molecule has 1 aromatic heterocycles. The number of carbonyl (C=O) groups excluding carboxylic acids is 1. The summed E-state index contributed by atoms with van der Waals surface area (Å²) in [7, 11) is 0. The van der Waals surface area contributed by atoms with Crippen LogP contribution in [0.3, 0.4) is 0 Å². The van der Waals surface area contributed by atoms with Gasteiger partial charge in [-0.05, 0) is 26.0 Å². The second-order valence-electron chi connectivity index (χ2n) is 3.79. The largest absolute Gasteiger partial charge is 0.462 e. The van der Waals surface area contributed by atoms with Crippen LogP contribution < -0.4 is 5.32 Å². The molecule has 0 radical (unpaired) electrons. The molecule has 2 rings (SSSR count). The van der Waals surface area contributed by atoms with Crippen LogP contribution in [-0.2, 0) is 4.74 Å². The molecule has 0 aliphatic carbocycles. The Kier molecular flexibility index (Phi) is 3.99. The molecule has 0 atom stereocenters. The average molecular weight is 261 g/mol. The summed E-state index contributed by atoms with van der Waals surface area (Å²) < 4.78 is 5.07. The number of esters is 1. The van der Waals surface area contributed by atoms with Crippen molar-refractivity contribution >= 4 is 28.7 Å². The summed E-state index contributed by atoms with van der Waals surface area (Å²) in [5.74, 6) is -0.269. The van der Waals surface area contributed by atoms with Crippen molar-refractivity contribution in [3.63, 3.8) is 0 Å². The zero-order valence-corrected chi connectivity index (χ0v) is 11.2. The Balaban J connectivity index is 2.26. The highest BCUT2D eigenvalue weighted by Crippen LogP contribution is 2.29. The quantitative estimate of drug-likeness (QED) is 0.846. The van der Waals surface area contributed by atoms with E-state index in [9.17, 15) is 4.79 Å². The number of hydrogen-bond acceptors (Lipinski definition) is 4. The molecule has 0 aliphatic rings. The van der Waals surface area contributed by atoms with E-state index in [0.29, 0.717) is 12.2 Å². The normalized spacial score (nSPS) is 10.1. The van der Waals surface area contributed by atoms with E-state index in [1.807, 2.05) is 49.6 Å². The van der Waals surface area contributed by atoms with E-state index in [4.69, 9.17) is 4.74 Å². The lowest BCUT2D eigenvalue weighted by Gasteiger charge is -2.08. The van der Waals surface area contributed by atoms with Crippen LogP contribution in [0.25, 0.3) is 0 Å². The molecule has 0 fully saturated rings. The lowest BCUT2D eigenvalue weighted by molar-refractivity contribution is 0.0527. The summed E-state index contributed by atoms with van der Waals surface area (Å²) in [6.45, 7) is 4.12. The second-order valence-corrected chi connectivity index (χ2v) is 4.88. The van der Waals surface area contributed by atoms with Crippen molar-refractivity contribution in [1.82, 2.24) is 0 Å². The fourth-order valence-electron chi connectivity index (χ4n) is 1.68. The van der Waals surface area contributed by atoms with Gasteiger partial charge in [-0.1, -0.05) is 18.2 Å². The summed E-state index contributed by atoms with van der Waals surface area (Å²) >= 11 is 1.54. The number of nitrogens with one attached hydrogen (secondary N) is 1. The number of thiophene rings is 1. The van der Waals surface area contributed by atoms with Crippen LogP contribution >= 0.6 is 11.3 Å². The van der Waals surface area contributed by atoms with E-state index in [1.54, 1.807) is 11.3 Å². The summed E-state index contributed by atoms with van der Waals surface area (Å²) in [6, 6.07) is 9.78. The minimum atomic E-state index is -0.269. The lowest BCUT2D eigenvalue weighted by Crippen LogP contribution is -2.07.